The van der Waals surface area contributed by atoms with Crippen LogP contribution in [-0.4, -0.2) is 48.9 Å². The van der Waals surface area contributed by atoms with Gasteiger partial charge in [0.1, 0.15) is 11.5 Å². The van der Waals surface area contributed by atoms with E-state index in [-0.39, 0.29) is 11.8 Å². The van der Waals surface area contributed by atoms with Gasteiger partial charge in [0.15, 0.2) is 0 Å². The van der Waals surface area contributed by atoms with E-state index in [1.54, 1.807) is 23.9 Å². The zero-order valence-corrected chi connectivity index (χ0v) is 28.9. The number of carbonyl (C=O) groups excluding carboxylic acids is 2. The van der Waals surface area contributed by atoms with Crippen LogP contribution in [0.15, 0.2) is 59.7 Å². The quantitative estimate of drug-likeness (QED) is 0.122. The topological polar surface area (TPSA) is 59.1 Å². The van der Waals surface area contributed by atoms with Gasteiger partial charge < -0.3 is 19.3 Å². The number of rotatable bonds is 22. The summed E-state index contributed by atoms with van der Waals surface area (Å²) in [5.74, 6) is 1.28. The zero-order valence-electron chi connectivity index (χ0n) is 28.9. The van der Waals surface area contributed by atoms with Gasteiger partial charge in [-0.3, -0.25) is 9.59 Å². The largest absolute Gasteiger partial charge is 0.494 e. The summed E-state index contributed by atoms with van der Waals surface area (Å²) in [5, 5.41) is 0. The van der Waals surface area contributed by atoms with Crippen LogP contribution >= 0.6 is 0 Å². The summed E-state index contributed by atoms with van der Waals surface area (Å²) < 4.78 is 12.0. The Labute approximate surface area is 277 Å². The number of carbonyl (C=O) groups is 2. The summed E-state index contributed by atoms with van der Waals surface area (Å²) in [5.41, 5.74) is 3.87. The molecule has 0 unspecified atom stereocenters. The lowest BCUT2D eigenvalue weighted by atomic mass is 10.0. The van der Waals surface area contributed by atoms with Crippen LogP contribution in [0.2, 0.25) is 0 Å². The minimum atomic E-state index is -0.164. The van der Waals surface area contributed by atoms with Gasteiger partial charge in [-0.25, -0.2) is 0 Å². The first-order valence-electron chi connectivity index (χ1n) is 18.0. The third-order valence-corrected chi connectivity index (χ3v) is 9.22. The third kappa shape index (κ3) is 9.27. The molecule has 0 aromatic heterocycles. The van der Waals surface area contributed by atoms with Gasteiger partial charge in [-0.2, -0.15) is 0 Å². The van der Waals surface area contributed by atoms with E-state index in [9.17, 15) is 9.59 Å². The summed E-state index contributed by atoms with van der Waals surface area (Å²) in [7, 11) is 3.49. The highest BCUT2D eigenvalue weighted by atomic mass is 16.5. The second-order valence-corrected chi connectivity index (χ2v) is 12.9. The Hall–Kier alpha value is -3.54. The highest BCUT2D eigenvalue weighted by Gasteiger charge is 2.46. The highest BCUT2D eigenvalue weighted by molar-refractivity contribution is 6.30. The van der Waals surface area contributed by atoms with Crippen LogP contribution in [0.1, 0.15) is 128 Å². The van der Waals surface area contributed by atoms with E-state index < -0.39 is 0 Å². The van der Waals surface area contributed by atoms with Gasteiger partial charge in [0.05, 0.1) is 35.8 Å². The first-order valence-corrected chi connectivity index (χ1v) is 18.0. The SMILES string of the molecule is CCCCCCCCCCOc1ccc(C2=C3C(=O)N(C)C(c4ccc(OCCCCCCCCCC)cc4)=C3C(=O)N2C)cc1. The lowest BCUT2D eigenvalue weighted by Crippen LogP contribution is -2.25. The molecule has 46 heavy (non-hydrogen) atoms. The summed E-state index contributed by atoms with van der Waals surface area (Å²) >= 11 is 0. The fourth-order valence-corrected chi connectivity index (χ4v) is 6.47. The molecule has 6 heteroatoms. The minimum absolute atomic E-state index is 0.164. The Kier molecular flexibility index (Phi) is 14.3. The number of benzene rings is 2. The van der Waals surface area contributed by atoms with Gasteiger partial charge in [0, 0.05) is 14.1 Å². The van der Waals surface area contributed by atoms with E-state index in [4.69, 9.17) is 9.47 Å². The monoisotopic (exact) mass is 628 g/mol. The lowest BCUT2D eigenvalue weighted by molar-refractivity contribution is -0.123. The van der Waals surface area contributed by atoms with Crippen LogP contribution in [0, 0.1) is 0 Å². The Balaban J connectivity index is 1.34. The fourth-order valence-electron chi connectivity index (χ4n) is 6.47. The molecule has 2 aliphatic rings. The number of unbranched alkanes of at least 4 members (excludes halogenated alkanes) is 14. The molecule has 2 heterocycles. The van der Waals surface area contributed by atoms with Crippen LogP contribution in [0.25, 0.3) is 11.4 Å². The Morgan fingerprint density at radius 2 is 0.761 bits per heavy atom. The predicted octanol–water partition coefficient (Wildman–Crippen LogP) is 9.79. The normalized spacial score (nSPS) is 14.6. The summed E-state index contributed by atoms with van der Waals surface area (Å²) in [6.07, 6.45) is 20.2. The van der Waals surface area contributed by atoms with Crippen molar-refractivity contribution in [3.63, 3.8) is 0 Å². The number of amides is 2. The smallest absolute Gasteiger partial charge is 0.261 e. The first-order chi connectivity index (χ1) is 22.5. The Morgan fingerprint density at radius 1 is 0.457 bits per heavy atom. The number of likely N-dealkylation sites (N-methyl/N-ethyl adjacent to an activating group) is 2. The molecular weight excluding hydrogens is 572 g/mol. The average molecular weight is 629 g/mol. The standard InChI is InChI=1S/C40H56N2O4/c1-5-7-9-11-13-15-17-19-29-45-33-25-21-31(22-26-33)37-35-36(40(44)41(37)3)38(42(4)39(35)43)32-23-27-34(28-24-32)46-30-20-18-16-14-12-10-8-6-2/h21-28H,5-20,29-30H2,1-4H3. The molecule has 2 aromatic rings. The molecule has 0 N–H and O–H groups in total. The number of nitrogens with zero attached hydrogens (tertiary/aromatic N) is 2. The molecule has 0 fully saturated rings. The number of ether oxygens (including phenoxy) is 2. The number of hydrogen-bond donors (Lipinski definition) is 0. The van der Waals surface area contributed by atoms with Gasteiger partial charge in [0.25, 0.3) is 11.8 Å². The van der Waals surface area contributed by atoms with Crippen molar-refractivity contribution in [2.45, 2.75) is 117 Å². The molecule has 4 rings (SSSR count). The van der Waals surface area contributed by atoms with Crippen LogP contribution < -0.4 is 9.47 Å². The summed E-state index contributed by atoms with van der Waals surface area (Å²) in [4.78, 5) is 30.4. The maximum absolute atomic E-state index is 13.6. The van der Waals surface area contributed by atoms with Gasteiger partial charge in [0.2, 0.25) is 0 Å². The van der Waals surface area contributed by atoms with Crippen molar-refractivity contribution in [3.05, 3.63) is 70.8 Å². The van der Waals surface area contributed by atoms with Crippen LogP contribution in [-0.2, 0) is 9.59 Å². The molecule has 0 saturated heterocycles. The van der Waals surface area contributed by atoms with Crippen molar-refractivity contribution in [1.82, 2.24) is 9.80 Å². The van der Waals surface area contributed by atoms with Gasteiger partial charge in [-0.1, -0.05) is 104 Å². The first kappa shape index (κ1) is 35.3. The van der Waals surface area contributed by atoms with Crippen LogP contribution in [0.3, 0.4) is 0 Å². The van der Waals surface area contributed by atoms with Crippen molar-refractivity contribution < 1.29 is 19.1 Å². The van der Waals surface area contributed by atoms with Gasteiger partial charge in [-0.15, -0.1) is 0 Å². The van der Waals surface area contributed by atoms with E-state index >= 15 is 0 Å². The molecule has 6 nitrogen and oxygen atoms in total. The molecule has 0 spiro atoms. The molecule has 0 aliphatic carbocycles. The van der Waals surface area contributed by atoms with Crippen molar-refractivity contribution in [2.75, 3.05) is 27.3 Å². The third-order valence-electron chi connectivity index (χ3n) is 9.22. The zero-order chi connectivity index (χ0) is 32.7. The number of hydrogen-bond acceptors (Lipinski definition) is 4. The second-order valence-electron chi connectivity index (χ2n) is 12.9. The lowest BCUT2D eigenvalue weighted by Gasteiger charge is -2.20. The van der Waals surface area contributed by atoms with E-state index in [1.807, 2.05) is 48.5 Å². The molecule has 0 radical (unpaired) electrons. The van der Waals surface area contributed by atoms with Crippen molar-refractivity contribution in [2.24, 2.45) is 0 Å². The van der Waals surface area contributed by atoms with E-state index in [1.165, 1.54) is 89.9 Å². The molecule has 0 atom stereocenters. The van der Waals surface area contributed by atoms with Crippen LogP contribution in [0.4, 0.5) is 0 Å². The molecule has 250 valence electrons. The molecule has 2 aromatic carbocycles. The Bertz CT molecular complexity index is 1220. The fraction of sp³-hybridized carbons (Fsp3) is 0.550. The molecule has 2 aliphatic heterocycles. The molecular formula is C40H56N2O4. The summed E-state index contributed by atoms with van der Waals surface area (Å²) in [6, 6.07) is 15.5. The Morgan fingerprint density at radius 3 is 1.09 bits per heavy atom. The van der Waals surface area contributed by atoms with E-state index in [2.05, 4.69) is 13.8 Å². The summed E-state index contributed by atoms with van der Waals surface area (Å²) in [6.45, 7) is 5.89. The van der Waals surface area contributed by atoms with Gasteiger partial charge >= 0.3 is 0 Å². The minimum Gasteiger partial charge on any atom is -0.494 e. The van der Waals surface area contributed by atoms with E-state index in [0.29, 0.717) is 35.8 Å². The molecule has 2 amide bonds. The van der Waals surface area contributed by atoms with E-state index in [0.717, 1.165) is 35.5 Å². The van der Waals surface area contributed by atoms with Gasteiger partial charge in [-0.05, 0) is 72.5 Å². The molecule has 0 bridgehead atoms. The number of fused-ring (bicyclic) bond motifs is 1. The highest BCUT2D eigenvalue weighted by Crippen LogP contribution is 2.45. The predicted molar refractivity (Wildman–Crippen MR) is 188 cm³/mol. The van der Waals surface area contributed by atoms with Crippen molar-refractivity contribution >= 4 is 23.2 Å². The maximum Gasteiger partial charge on any atom is 0.261 e. The van der Waals surface area contributed by atoms with Crippen molar-refractivity contribution in [3.8, 4) is 11.5 Å². The second kappa shape index (κ2) is 18.6. The molecule has 0 saturated carbocycles. The van der Waals surface area contributed by atoms with Crippen LogP contribution in [0.5, 0.6) is 11.5 Å². The van der Waals surface area contributed by atoms with Crippen molar-refractivity contribution in [1.29, 1.82) is 0 Å². The average Bonchev–Trinajstić information content (AvgIpc) is 3.48. The maximum atomic E-state index is 13.6.